The molecule has 0 saturated heterocycles. The van der Waals surface area contributed by atoms with Crippen molar-refractivity contribution in [1.29, 1.82) is 0 Å². The van der Waals surface area contributed by atoms with Crippen molar-refractivity contribution in [2.24, 2.45) is 5.92 Å². The van der Waals surface area contributed by atoms with Crippen LogP contribution in [-0.2, 0) is 6.61 Å². The summed E-state index contributed by atoms with van der Waals surface area (Å²) in [6, 6.07) is 7.64. The fraction of sp³-hybridized carbons (Fsp3) is 0.474. The number of aromatic nitrogens is 1. The van der Waals surface area contributed by atoms with Crippen LogP contribution in [0.25, 0.3) is 0 Å². The highest BCUT2D eigenvalue weighted by Gasteiger charge is 2.23. The van der Waals surface area contributed by atoms with E-state index in [1.54, 1.807) is 11.3 Å². The summed E-state index contributed by atoms with van der Waals surface area (Å²) in [7, 11) is 0. The number of hydrogen-bond acceptors (Lipinski definition) is 4. The number of carbonyl (C=O) groups is 1. The highest BCUT2D eigenvalue weighted by molar-refractivity contribution is 7.09. The van der Waals surface area contributed by atoms with Gasteiger partial charge in [-0.2, -0.15) is 0 Å². The van der Waals surface area contributed by atoms with Gasteiger partial charge in [0.05, 0.1) is 10.7 Å². The Labute approximate surface area is 147 Å². The summed E-state index contributed by atoms with van der Waals surface area (Å²) in [6.45, 7) is 4.66. The average molecular weight is 344 g/mol. The van der Waals surface area contributed by atoms with E-state index in [4.69, 9.17) is 4.74 Å². The molecule has 1 saturated carbocycles. The lowest BCUT2D eigenvalue weighted by atomic mass is 9.86. The van der Waals surface area contributed by atoms with Crippen molar-refractivity contribution in [3.05, 3.63) is 45.9 Å². The summed E-state index contributed by atoms with van der Waals surface area (Å²) in [5, 5.41) is 6.22. The maximum Gasteiger partial charge on any atom is 0.251 e. The normalized spacial score (nSPS) is 20.6. The van der Waals surface area contributed by atoms with Crippen LogP contribution in [0.5, 0.6) is 5.75 Å². The molecular formula is C19H24N2O2S. The second-order valence-corrected chi connectivity index (χ2v) is 7.57. The van der Waals surface area contributed by atoms with Gasteiger partial charge in [0.15, 0.2) is 0 Å². The Kier molecular flexibility index (Phi) is 5.51. The zero-order valence-corrected chi connectivity index (χ0v) is 15.1. The molecule has 1 aromatic heterocycles. The van der Waals surface area contributed by atoms with E-state index in [1.165, 1.54) is 19.3 Å². The number of thiazole rings is 1. The predicted molar refractivity (Wildman–Crippen MR) is 96.5 cm³/mol. The van der Waals surface area contributed by atoms with Crippen molar-refractivity contribution < 1.29 is 9.53 Å². The van der Waals surface area contributed by atoms with Crippen LogP contribution in [0.4, 0.5) is 0 Å². The van der Waals surface area contributed by atoms with Crippen molar-refractivity contribution in [2.45, 2.75) is 52.2 Å². The minimum Gasteiger partial charge on any atom is -0.487 e. The molecule has 1 fully saturated rings. The third-order valence-electron chi connectivity index (χ3n) is 4.60. The molecule has 2 atom stereocenters. The minimum absolute atomic E-state index is 0.00965. The van der Waals surface area contributed by atoms with Crippen LogP contribution in [0.1, 0.15) is 53.7 Å². The quantitative estimate of drug-likeness (QED) is 0.878. The summed E-state index contributed by atoms with van der Waals surface area (Å²) >= 11 is 1.62. The summed E-state index contributed by atoms with van der Waals surface area (Å²) in [5.41, 5.74) is 1.62. The fourth-order valence-corrected chi connectivity index (χ4v) is 3.71. The summed E-state index contributed by atoms with van der Waals surface area (Å²) < 4.78 is 5.72. The summed E-state index contributed by atoms with van der Waals surface area (Å²) in [5.74, 6) is 1.32. The number of hydrogen-bond donors (Lipinski definition) is 1. The summed E-state index contributed by atoms with van der Waals surface area (Å²) in [4.78, 5) is 16.8. The van der Waals surface area contributed by atoms with Gasteiger partial charge in [0.25, 0.3) is 5.91 Å². The number of amides is 1. The molecule has 2 aromatic rings. The van der Waals surface area contributed by atoms with Crippen molar-refractivity contribution in [2.75, 3.05) is 0 Å². The number of rotatable bonds is 5. The first-order valence-electron chi connectivity index (χ1n) is 8.56. The molecule has 1 aromatic carbocycles. The molecule has 1 amide bonds. The van der Waals surface area contributed by atoms with E-state index in [1.807, 2.05) is 36.6 Å². The van der Waals surface area contributed by atoms with Gasteiger partial charge in [-0.05, 0) is 49.9 Å². The maximum atomic E-state index is 12.4. The molecule has 128 valence electrons. The van der Waals surface area contributed by atoms with Gasteiger partial charge in [0, 0.05) is 17.0 Å². The Hall–Kier alpha value is -1.88. The molecule has 0 radical (unpaired) electrons. The standard InChI is InChI=1S/C19H24N2O2S/c1-13-5-3-4-6-18(13)21-19(22)15-7-9-17(10-8-15)23-11-16-12-24-14(2)20-16/h7-10,12-13,18H,3-6,11H2,1-2H3,(H,21,22). The third kappa shape index (κ3) is 4.35. The highest BCUT2D eigenvalue weighted by Crippen LogP contribution is 2.24. The Bertz CT molecular complexity index is 681. The molecule has 1 N–H and O–H groups in total. The Morgan fingerprint density at radius 2 is 2.04 bits per heavy atom. The smallest absolute Gasteiger partial charge is 0.251 e. The van der Waals surface area contributed by atoms with E-state index < -0.39 is 0 Å². The van der Waals surface area contributed by atoms with Crippen LogP contribution in [0.15, 0.2) is 29.6 Å². The molecule has 3 rings (SSSR count). The Balaban J connectivity index is 1.54. The molecule has 4 nitrogen and oxygen atoms in total. The van der Waals surface area contributed by atoms with E-state index in [-0.39, 0.29) is 5.91 Å². The number of nitrogens with zero attached hydrogens (tertiary/aromatic N) is 1. The molecule has 0 aliphatic heterocycles. The van der Waals surface area contributed by atoms with Gasteiger partial charge < -0.3 is 10.1 Å². The van der Waals surface area contributed by atoms with E-state index in [0.29, 0.717) is 24.1 Å². The Morgan fingerprint density at radius 1 is 1.29 bits per heavy atom. The van der Waals surface area contributed by atoms with E-state index in [9.17, 15) is 4.79 Å². The van der Waals surface area contributed by atoms with Crippen molar-refractivity contribution in [3.63, 3.8) is 0 Å². The van der Waals surface area contributed by atoms with Crippen molar-refractivity contribution >= 4 is 17.2 Å². The molecule has 24 heavy (non-hydrogen) atoms. The molecule has 1 heterocycles. The topological polar surface area (TPSA) is 51.2 Å². The van der Waals surface area contributed by atoms with Crippen molar-refractivity contribution in [1.82, 2.24) is 10.3 Å². The van der Waals surface area contributed by atoms with Crippen LogP contribution in [0.2, 0.25) is 0 Å². The highest BCUT2D eigenvalue weighted by atomic mass is 32.1. The zero-order valence-electron chi connectivity index (χ0n) is 14.2. The minimum atomic E-state index is 0.00965. The van der Waals surface area contributed by atoms with Crippen LogP contribution in [0.3, 0.4) is 0 Å². The molecule has 1 aliphatic carbocycles. The van der Waals surface area contributed by atoms with Gasteiger partial charge in [-0.1, -0.05) is 19.8 Å². The number of ether oxygens (including phenoxy) is 1. The van der Waals surface area contributed by atoms with Gasteiger partial charge in [-0.3, -0.25) is 4.79 Å². The zero-order chi connectivity index (χ0) is 16.9. The number of carbonyl (C=O) groups excluding carboxylic acids is 1. The van der Waals surface area contributed by atoms with Gasteiger partial charge in [-0.15, -0.1) is 11.3 Å². The number of aryl methyl sites for hydroxylation is 1. The first-order valence-corrected chi connectivity index (χ1v) is 9.44. The molecule has 0 spiro atoms. The molecule has 2 unspecified atom stereocenters. The second-order valence-electron chi connectivity index (χ2n) is 6.51. The number of benzene rings is 1. The van der Waals surface area contributed by atoms with Gasteiger partial charge in [-0.25, -0.2) is 4.98 Å². The van der Waals surface area contributed by atoms with Gasteiger partial charge in [0.2, 0.25) is 0 Å². The van der Waals surface area contributed by atoms with Crippen LogP contribution < -0.4 is 10.1 Å². The lowest BCUT2D eigenvalue weighted by Gasteiger charge is -2.29. The summed E-state index contributed by atoms with van der Waals surface area (Å²) in [6.07, 6.45) is 4.77. The van der Waals surface area contributed by atoms with Crippen LogP contribution >= 0.6 is 11.3 Å². The van der Waals surface area contributed by atoms with Crippen LogP contribution in [0, 0.1) is 12.8 Å². The number of nitrogens with one attached hydrogen (secondary N) is 1. The van der Waals surface area contributed by atoms with Gasteiger partial charge >= 0.3 is 0 Å². The SMILES string of the molecule is Cc1nc(COc2ccc(C(=O)NC3CCCCC3C)cc2)cs1. The monoisotopic (exact) mass is 344 g/mol. The molecular weight excluding hydrogens is 320 g/mol. The van der Waals surface area contributed by atoms with E-state index in [2.05, 4.69) is 17.2 Å². The maximum absolute atomic E-state index is 12.4. The lowest BCUT2D eigenvalue weighted by Crippen LogP contribution is -2.41. The van der Waals surface area contributed by atoms with Crippen LogP contribution in [-0.4, -0.2) is 16.9 Å². The molecule has 5 heteroatoms. The fourth-order valence-electron chi connectivity index (χ4n) is 3.12. The predicted octanol–water partition coefficient (Wildman–Crippen LogP) is 4.34. The van der Waals surface area contributed by atoms with Gasteiger partial charge in [0.1, 0.15) is 12.4 Å². The first-order chi connectivity index (χ1) is 11.6. The molecule has 0 bridgehead atoms. The average Bonchev–Trinajstić information content (AvgIpc) is 3.01. The van der Waals surface area contributed by atoms with E-state index in [0.717, 1.165) is 22.9 Å². The Morgan fingerprint density at radius 3 is 2.71 bits per heavy atom. The van der Waals surface area contributed by atoms with E-state index >= 15 is 0 Å². The second kappa shape index (κ2) is 7.79. The first kappa shape index (κ1) is 17.0. The van der Waals surface area contributed by atoms with Crippen molar-refractivity contribution in [3.8, 4) is 5.75 Å². The third-order valence-corrected chi connectivity index (χ3v) is 5.42. The lowest BCUT2D eigenvalue weighted by molar-refractivity contribution is 0.0910. The largest absolute Gasteiger partial charge is 0.487 e. The molecule has 1 aliphatic rings.